The van der Waals surface area contributed by atoms with Crippen molar-refractivity contribution in [2.24, 2.45) is 11.5 Å². The van der Waals surface area contributed by atoms with E-state index in [2.05, 4.69) is 22.1 Å². The predicted molar refractivity (Wildman–Crippen MR) is 209 cm³/mol. The zero-order valence-corrected chi connectivity index (χ0v) is 32.2. The highest BCUT2D eigenvalue weighted by atomic mass is 16.5. The van der Waals surface area contributed by atoms with Gasteiger partial charge in [-0.3, -0.25) is 9.97 Å². The monoisotopic (exact) mass is 754 g/mol. The molecule has 0 spiro atoms. The number of aliphatic hydroxyl groups is 2. The third kappa shape index (κ3) is 16.2. The molecule has 2 aliphatic heterocycles. The van der Waals surface area contributed by atoms with Crippen molar-refractivity contribution in [2.45, 2.75) is 152 Å². The molecule has 0 aliphatic carbocycles. The molecule has 8 N–H and O–H groups in total. The molecule has 12 nitrogen and oxygen atoms in total. The Hall–Kier alpha value is -3.26. The Balaban J connectivity index is 0.000000290. The molecule has 12 heteroatoms. The highest BCUT2D eigenvalue weighted by molar-refractivity contribution is 5.79. The van der Waals surface area contributed by atoms with Gasteiger partial charge in [0.2, 0.25) is 0 Å². The van der Waals surface area contributed by atoms with E-state index in [-0.39, 0.29) is 26.1 Å². The van der Waals surface area contributed by atoms with Crippen LogP contribution >= 0.6 is 0 Å². The highest BCUT2D eigenvalue weighted by Crippen LogP contribution is 2.21. The first-order valence-electron chi connectivity index (χ1n) is 20.2. The third-order valence-electron chi connectivity index (χ3n) is 10.4. The molecule has 54 heavy (non-hydrogen) atoms. The van der Waals surface area contributed by atoms with Gasteiger partial charge in [-0.25, -0.2) is 9.59 Å². The third-order valence-corrected chi connectivity index (χ3v) is 10.4. The maximum Gasteiger partial charge on any atom is 0.337 e. The van der Waals surface area contributed by atoms with E-state index >= 15 is 0 Å². The first-order chi connectivity index (χ1) is 26.0. The Bertz CT molecular complexity index is 1410. The summed E-state index contributed by atoms with van der Waals surface area (Å²) in [6, 6.07) is 5.61. The average molecular weight is 755 g/mol. The number of aryl methyl sites for hydroxylation is 2. The molecular weight excluding hydrogens is 688 g/mol. The van der Waals surface area contributed by atoms with Gasteiger partial charge in [-0.2, -0.15) is 0 Å². The number of ether oxygens (including phenoxy) is 2. The van der Waals surface area contributed by atoms with E-state index < -0.39 is 35.2 Å². The molecule has 0 aromatic carbocycles. The molecule has 4 atom stereocenters. The van der Waals surface area contributed by atoms with Crippen LogP contribution in [0.4, 0.5) is 0 Å². The van der Waals surface area contributed by atoms with Gasteiger partial charge >= 0.3 is 11.9 Å². The normalized spacial score (nSPS) is 26.8. The molecule has 4 bridgehead atoms. The predicted octanol–water partition coefficient (Wildman–Crippen LogP) is 5.48. The zero-order valence-electron chi connectivity index (χ0n) is 32.2. The van der Waals surface area contributed by atoms with Crippen molar-refractivity contribution < 1.29 is 39.5 Å². The Morgan fingerprint density at radius 1 is 0.593 bits per heavy atom. The van der Waals surface area contributed by atoms with Crippen LogP contribution in [-0.2, 0) is 44.7 Å². The summed E-state index contributed by atoms with van der Waals surface area (Å²) < 4.78 is 11.1. The Labute approximate surface area is 321 Å². The number of aromatic nitrogens is 2. The first-order valence-corrected chi connectivity index (χ1v) is 20.2. The van der Waals surface area contributed by atoms with Crippen LogP contribution in [0.3, 0.4) is 0 Å². The molecule has 4 heterocycles. The van der Waals surface area contributed by atoms with Crippen LogP contribution in [0, 0.1) is 0 Å². The fourth-order valence-corrected chi connectivity index (χ4v) is 6.78. The van der Waals surface area contributed by atoms with E-state index in [9.17, 15) is 30.0 Å². The lowest BCUT2D eigenvalue weighted by Gasteiger charge is -2.29. The van der Waals surface area contributed by atoms with E-state index in [1.54, 1.807) is 12.4 Å². The fourth-order valence-electron chi connectivity index (χ4n) is 6.78. The summed E-state index contributed by atoms with van der Waals surface area (Å²) in [5.74, 6) is -2.68. The minimum atomic E-state index is -2.10. The maximum absolute atomic E-state index is 11.7. The quantitative estimate of drug-likeness (QED) is 0.211. The lowest BCUT2D eigenvalue weighted by Crippen LogP contribution is -2.57. The lowest BCUT2D eigenvalue weighted by atomic mass is 9.89. The smallest absolute Gasteiger partial charge is 0.337 e. The van der Waals surface area contributed by atoms with Gasteiger partial charge in [-0.1, -0.05) is 63.5 Å². The number of carbonyl (C=O) groups is 2. The number of nitrogens with two attached hydrogens (primary N) is 2. The van der Waals surface area contributed by atoms with Crippen LogP contribution in [-0.4, -0.2) is 92.0 Å². The fraction of sp³-hybridized carbons (Fsp3) is 0.667. The zero-order chi connectivity index (χ0) is 39.1. The Morgan fingerprint density at radius 3 is 1.41 bits per heavy atom. The highest BCUT2D eigenvalue weighted by Gasteiger charge is 2.44. The van der Waals surface area contributed by atoms with Crippen molar-refractivity contribution in [3.05, 3.63) is 71.3 Å². The topological polar surface area (TPSA) is 211 Å². The van der Waals surface area contributed by atoms with E-state index in [4.69, 9.17) is 20.9 Å². The number of pyridine rings is 2. The van der Waals surface area contributed by atoms with Gasteiger partial charge in [0.15, 0.2) is 11.2 Å². The second-order valence-corrected chi connectivity index (χ2v) is 15.0. The second kappa shape index (κ2) is 25.0. The number of rotatable bonds is 2. The van der Waals surface area contributed by atoms with Gasteiger partial charge in [-0.15, -0.1) is 0 Å². The Kier molecular flexibility index (Phi) is 20.9. The Morgan fingerprint density at radius 2 is 0.963 bits per heavy atom. The van der Waals surface area contributed by atoms with Crippen molar-refractivity contribution in [1.82, 2.24) is 9.97 Å². The molecule has 2 aliphatic rings. The molecule has 302 valence electrons. The summed E-state index contributed by atoms with van der Waals surface area (Å²) in [6.45, 7) is 1.06. The van der Waals surface area contributed by atoms with Crippen LogP contribution in [0.15, 0.2) is 48.8 Å². The first kappa shape index (κ1) is 45.1. The van der Waals surface area contributed by atoms with Crippen LogP contribution in [0.25, 0.3) is 0 Å². The van der Waals surface area contributed by atoms with Gasteiger partial charge in [0.1, 0.15) is 0 Å². The molecule has 2 aromatic heterocycles. The van der Waals surface area contributed by atoms with E-state index in [0.717, 1.165) is 81.8 Å². The molecular formula is C42H66N4O8. The number of aliphatic carboxylic acids is 2. The minimum Gasteiger partial charge on any atom is -0.479 e. The molecule has 0 amide bonds. The number of carboxylic acid groups (broad SMARTS) is 2. The van der Waals surface area contributed by atoms with Crippen molar-refractivity contribution >= 4 is 11.9 Å². The minimum absolute atomic E-state index is 0.00166. The number of fused-ring (bicyclic) bond motifs is 4. The SMILES string of the molecule is NC1COCCCCC=CCCCCCc2ccnc(c2)C[C@]1(O)C(=O)O.NC1COCCCCCCCCCCCc2ccnc(c2)C[C@]1(O)C(=O)O. The average Bonchev–Trinajstić information content (AvgIpc) is 3.15. The van der Waals surface area contributed by atoms with E-state index in [0.29, 0.717) is 24.6 Å². The molecule has 4 rings (SSSR count). The largest absolute Gasteiger partial charge is 0.479 e. The summed E-state index contributed by atoms with van der Waals surface area (Å²) in [5, 5.41) is 40.6. The summed E-state index contributed by atoms with van der Waals surface area (Å²) in [5.41, 5.74) is 11.1. The van der Waals surface area contributed by atoms with Crippen molar-refractivity contribution in [3.8, 4) is 0 Å². The van der Waals surface area contributed by atoms with E-state index in [1.165, 1.54) is 44.9 Å². The summed E-state index contributed by atoms with van der Waals surface area (Å²) >= 11 is 0. The van der Waals surface area contributed by atoms with Gasteiger partial charge in [0.05, 0.1) is 25.3 Å². The van der Waals surface area contributed by atoms with Crippen molar-refractivity contribution in [3.63, 3.8) is 0 Å². The van der Waals surface area contributed by atoms with Crippen LogP contribution in [0.2, 0.25) is 0 Å². The van der Waals surface area contributed by atoms with Crippen molar-refractivity contribution in [2.75, 3.05) is 26.4 Å². The van der Waals surface area contributed by atoms with Gasteiger partial charge in [0.25, 0.3) is 0 Å². The number of carboxylic acids is 2. The maximum atomic E-state index is 11.7. The van der Waals surface area contributed by atoms with Crippen LogP contribution < -0.4 is 11.5 Å². The molecule has 2 aromatic rings. The lowest BCUT2D eigenvalue weighted by molar-refractivity contribution is -0.163. The molecule has 2 unspecified atom stereocenters. The van der Waals surface area contributed by atoms with Gasteiger partial charge < -0.3 is 41.4 Å². The number of allylic oxidation sites excluding steroid dienone is 2. The van der Waals surface area contributed by atoms with Crippen LogP contribution in [0.5, 0.6) is 0 Å². The molecule has 0 saturated heterocycles. The molecule has 0 radical (unpaired) electrons. The summed E-state index contributed by atoms with van der Waals surface area (Å²) in [6.07, 6.45) is 27.5. The molecule has 0 fully saturated rings. The number of nitrogens with zero attached hydrogens (tertiary/aromatic N) is 2. The second-order valence-electron chi connectivity index (χ2n) is 15.0. The number of hydrogen-bond acceptors (Lipinski definition) is 10. The van der Waals surface area contributed by atoms with E-state index in [1.807, 2.05) is 24.3 Å². The van der Waals surface area contributed by atoms with Gasteiger partial charge in [0, 0.05) is 49.8 Å². The van der Waals surface area contributed by atoms with Gasteiger partial charge in [-0.05, 0) is 99.6 Å². The van der Waals surface area contributed by atoms with Crippen molar-refractivity contribution in [1.29, 1.82) is 0 Å². The number of hydrogen-bond donors (Lipinski definition) is 6. The summed E-state index contributed by atoms with van der Waals surface area (Å²) in [4.78, 5) is 31.9. The summed E-state index contributed by atoms with van der Waals surface area (Å²) in [7, 11) is 0. The molecule has 0 saturated carbocycles. The standard InChI is InChI=1S/C21H34N2O4.C21H32N2O4/c2*22-19-16-27-13-9-7-5-3-1-2-4-6-8-10-17-11-12-23-18(14-17)15-21(19,26)20(24)25/h11-12,14,19,26H,1-10,13,15-16,22H2,(H,24,25);1,3,11-12,14,19,26H,2,4-10,13,15-16,22H2,(H,24,25)/t2*19?,21-/m11/s1. The van der Waals surface area contributed by atoms with Crippen LogP contribution in [0.1, 0.15) is 125 Å².